The molecule has 0 unspecified atom stereocenters. The van der Waals surface area contributed by atoms with Crippen LogP contribution in [0.1, 0.15) is 25.7 Å². The highest BCUT2D eigenvalue weighted by atomic mass is 19.4. The lowest BCUT2D eigenvalue weighted by Crippen LogP contribution is -2.28. The highest BCUT2D eigenvalue weighted by Crippen LogP contribution is 2.39. The molecule has 1 aliphatic rings. The van der Waals surface area contributed by atoms with E-state index in [0.29, 0.717) is 0 Å². The molecule has 1 aliphatic carbocycles. The van der Waals surface area contributed by atoms with E-state index in [0.717, 1.165) is 0 Å². The zero-order valence-electron chi connectivity index (χ0n) is 7.08. The van der Waals surface area contributed by atoms with Gasteiger partial charge in [0.25, 0.3) is 0 Å². The molecule has 78 valence electrons. The summed E-state index contributed by atoms with van der Waals surface area (Å²) < 4.78 is 60.8. The monoisotopic (exact) mass is 201 g/mol. The molecule has 0 heterocycles. The van der Waals surface area contributed by atoms with Crippen LogP contribution in [0.25, 0.3) is 0 Å². The maximum Gasteiger partial charge on any atom is 0.478 e. The van der Waals surface area contributed by atoms with E-state index in [9.17, 15) is 21.7 Å². The molecule has 1 fully saturated rings. The molecule has 0 aromatic heterocycles. The second kappa shape index (κ2) is 3.46. The summed E-state index contributed by atoms with van der Waals surface area (Å²) in [6.07, 6.45) is -1.60. The third-order valence-electron chi connectivity index (χ3n) is 2.44. The highest BCUT2D eigenvalue weighted by Gasteiger charge is 2.37. The molecule has 0 amide bonds. The molecule has 13 heavy (non-hydrogen) atoms. The van der Waals surface area contributed by atoms with Crippen molar-refractivity contribution >= 4 is 6.98 Å². The second-order valence-corrected chi connectivity index (χ2v) is 3.75. The van der Waals surface area contributed by atoms with Gasteiger partial charge in [-0.3, -0.25) is 0 Å². The van der Waals surface area contributed by atoms with Crippen LogP contribution in [0.5, 0.6) is 0 Å². The van der Waals surface area contributed by atoms with Gasteiger partial charge in [0, 0.05) is 12.8 Å². The number of halogens is 5. The summed E-state index contributed by atoms with van der Waals surface area (Å²) in [5.41, 5.74) is 0. The molecule has 0 saturated heterocycles. The number of hydrogen-bond donors (Lipinski definition) is 0. The highest BCUT2D eigenvalue weighted by molar-refractivity contribution is 6.58. The van der Waals surface area contributed by atoms with E-state index in [2.05, 4.69) is 0 Å². The van der Waals surface area contributed by atoms with Gasteiger partial charge in [0.05, 0.1) is 0 Å². The Kier molecular flexibility index (Phi) is 2.87. The average molecular weight is 201 g/mol. The summed E-state index contributed by atoms with van der Waals surface area (Å²) >= 11 is 0. The van der Waals surface area contributed by atoms with Crippen LogP contribution in [0.2, 0.25) is 6.32 Å². The number of hydrogen-bond acceptors (Lipinski definition) is 0. The molecule has 0 N–H and O–H groups in total. The van der Waals surface area contributed by atoms with E-state index in [-0.39, 0.29) is 25.7 Å². The summed E-state index contributed by atoms with van der Waals surface area (Å²) in [6, 6.07) is 0. The molecule has 0 atom stereocenters. The smallest absolute Gasteiger partial charge is 0.449 e. The lowest BCUT2D eigenvalue weighted by molar-refractivity contribution is -0.0444. The fraction of sp³-hybridized carbons (Fsp3) is 1.00. The van der Waals surface area contributed by atoms with E-state index in [1.807, 2.05) is 0 Å². The fourth-order valence-corrected chi connectivity index (χ4v) is 1.71. The molecule has 0 nitrogen and oxygen atoms in total. The Morgan fingerprint density at radius 3 is 1.92 bits per heavy atom. The quantitative estimate of drug-likeness (QED) is 0.472. The van der Waals surface area contributed by atoms with Crippen molar-refractivity contribution in [1.82, 2.24) is 0 Å². The van der Waals surface area contributed by atoms with Crippen molar-refractivity contribution in [3.63, 3.8) is 0 Å². The Hall–Kier alpha value is -0.285. The van der Waals surface area contributed by atoms with Gasteiger partial charge < -0.3 is 12.9 Å². The van der Waals surface area contributed by atoms with Crippen LogP contribution in [0.4, 0.5) is 21.7 Å². The van der Waals surface area contributed by atoms with Gasteiger partial charge in [-0.1, -0.05) is 12.2 Å². The predicted octanol–water partition coefficient (Wildman–Crippen LogP) is 3.66. The maximum atomic E-state index is 12.5. The first-order valence-corrected chi connectivity index (χ1v) is 4.37. The minimum absolute atomic E-state index is 0.00819. The first kappa shape index (κ1) is 10.8. The van der Waals surface area contributed by atoms with Gasteiger partial charge in [-0.25, -0.2) is 8.78 Å². The van der Waals surface area contributed by atoms with E-state index >= 15 is 0 Å². The zero-order valence-corrected chi connectivity index (χ0v) is 7.08. The van der Waals surface area contributed by atoms with Crippen molar-refractivity contribution in [2.24, 2.45) is 5.92 Å². The second-order valence-electron chi connectivity index (χ2n) is 3.75. The van der Waals surface area contributed by atoms with Crippen LogP contribution in [0, 0.1) is 5.92 Å². The Morgan fingerprint density at radius 1 is 1.08 bits per heavy atom. The van der Waals surface area contributed by atoms with Crippen molar-refractivity contribution in [1.29, 1.82) is 0 Å². The lowest BCUT2D eigenvalue weighted by Gasteiger charge is -2.31. The summed E-state index contributed by atoms with van der Waals surface area (Å²) in [4.78, 5) is 0. The fourth-order valence-electron chi connectivity index (χ4n) is 1.71. The molecule has 0 bridgehead atoms. The minimum Gasteiger partial charge on any atom is -0.449 e. The van der Waals surface area contributed by atoms with Crippen LogP contribution < -0.4 is 0 Å². The Labute approximate surface area is 73.6 Å². The van der Waals surface area contributed by atoms with Gasteiger partial charge in [-0.15, -0.1) is 0 Å². The Balaban J connectivity index is 2.34. The van der Waals surface area contributed by atoms with Crippen LogP contribution in [0.15, 0.2) is 0 Å². The normalized spacial score (nSPS) is 24.7. The molecule has 0 aromatic rings. The third-order valence-corrected chi connectivity index (χ3v) is 2.44. The molecule has 6 heteroatoms. The van der Waals surface area contributed by atoms with Gasteiger partial charge >= 0.3 is 6.98 Å². The van der Waals surface area contributed by atoms with Crippen molar-refractivity contribution in [3.05, 3.63) is 0 Å². The topological polar surface area (TPSA) is 0 Å². The van der Waals surface area contributed by atoms with Crippen LogP contribution >= 0.6 is 0 Å². The van der Waals surface area contributed by atoms with Gasteiger partial charge in [0.15, 0.2) is 0 Å². The van der Waals surface area contributed by atoms with Gasteiger partial charge in [0.2, 0.25) is 5.92 Å². The van der Waals surface area contributed by atoms with E-state index in [1.54, 1.807) is 0 Å². The molecule has 0 spiro atoms. The SMILES string of the molecule is F[B-](F)(F)CC1CCC(F)(F)CC1. The van der Waals surface area contributed by atoms with E-state index in [1.165, 1.54) is 0 Å². The minimum atomic E-state index is -4.81. The number of alkyl halides is 2. The van der Waals surface area contributed by atoms with E-state index < -0.39 is 25.1 Å². The molecule has 0 radical (unpaired) electrons. The van der Waals surface area contributed by atoms with Gasteiger partial charge in [-0.2, -0.15) is 0 Å². The van der Waals surface area contributed by atoms with Crippen LogP contribution in [-0.2, 0) is 0 Å². The Bertz CT molecular complexity index is 166. The third kappa shape index (κ3) is 3.96. The van der Waals surface area contributed by atoms with Crippen molar-refractivity contribution in [2.75, 3.05) is 0 Å². The summed E-state index contributed by atoms with van der Waals surface area (Å²) in [6.45, 7) is -4.81. The first-order chi connectivity index (χ1) is 5.79. The summed E-state index contributed by atoms with van der Waals surface area (Å²) in [5.74, 6) is -3.30. The molecular formula is C7H11BF5-. The van der Waals surface area contributed by atoms with Gasteiger partial charge in [-0.05, 0) is 12.8 Å². The standard InChI is InChI=1S/C7H11BF5/c9-7(10)3-1-6(2-4-7)5-8(11,12)13/h6H,1-5H2/q-1. The van der Waals surface area contributed by atoms with Crippen molar-refractivity contribution < 1.29 is 21.7 Å². The van der Waals surface area contributed by atoms with Gasteiger partial charge in [0.1, 0.15) is 0 Å². The van der Waals surface area contributed by atoms with Crippen molar-refractivity contribution in [3.8, 4) is 0 Å². The molecular weight excluding hydrogens is 190 g/mol. The largest absolute Gasteiger partial charge is 0.478 e. The first-order valence-electron chi connectivity index (χ1n) is 4.37. The maximum absolute atomic E-state index is 12.5. The Morgan fingerprint density at radius 2 is 1.54 bits per heavy atom. The molecule has 1 saturated carbocycles. The van der Waals surface area contributed by atoms with E-state index in [4.69, 9.17) is 0 Å². The van der Waals surface area contributed by atoms with Crippen LogP contribution in [0.3, 0.4) is 0 Å². The average Bonchev–Trinajstić information content (AvgIpc) is 1.91. The van der Waals surface area contributed by atoms with Crippen molar-refractivity contribution in [2.45, 2.75) is 37.9 Å². The lowest BCUT2D eigenvalue weighted by atomic mass is 9.72. The zero-order chi connectivity index (χ0) is 10.1. The molecule has 0 aliphatic heterocycles. The number of rotatable bonds is 2. The molecule has 1 rings (SSSR count). The predicted molar refractivity (Wildman–Crippen MR) is 40.8 cm³/mol. The summed E-state index contributed by atoms with van der Waals surface area (Å²) in [5, 5.41) is 0. The van der Waals surface area contributed by atoms with Crippen LogP contribution in [-0.4, -0.2) is 12.9 Å². The molecule has 0 aromatic carbocycles. The summed E-state index contributed by atoms with van der Waals surface area (Å²) in [7, 11) is 0.